The molecule has 0 unspecified atom stereocenters. The molecule has 6 nitrogen and oxygen atoms in total. The Morgan fingerprint density at radius 1 is 1.38 bits per heavy atom. The molecule has 2 N–H and O–H groups in total. The standard InChI is InChI=1S/C17H23N3O3S/c1-3-23-10-4-9-18-17-20-16(22)14(24-17)11-15(21)19-13-7-5-12(2)6-8-13/h5-8,14H,3-4,9-11H2,1-2H3,(H,19,21)(H,18,20,22)/t14-/m0/s1. The monoisotopic (exact) mass is 349 g/mol. The number of thioether (sulfide) groups is 1. The quantitative estimate of drug-likeness (QED) is 0.706. The number of ether oxygens (including phenoxy) is 1. The summed E-state index contributed by atoms with van der Waals surface area (Å²) in [5.74, 6) is -0.341. The van der Waals surface area contributed by atoms with E-state index in [-0.39, 0.29) is 18.2 Å². The Labute approximate surface area is 146 Å². The molecule has 2 amide bonds. The van der Waals surface area contributed by atoms with Gasteiger partial charge in [-0.05, 0) is 32.4 Å². The second-order valence-electron chi connectivity index (χ2n) is 5.45. The minimum atomic E-state index is -0.430. The van der Waals surface area contributed by atoms with Crippen LogP contribution in [0.4, 0.5) is 5.69 Å². The number of nitrogens with one attached hydrogen (secondary N) is 2. The molecule has 2 rings (SSSR count). The number of rotatable bonds is 8. The third kappa shape index (κ3) is 5.98. The normalized spacial score (nSPS) is 18.7. The van der Waals surface area contributed by atoms with Crippen LogP contribution >= 0.6 is 11.8 Å². The first-order valence-electron chi connectivity index (χ1n) is 8.04. The Bertz CT molecular complexity index is 602. The molecule has 0 spiro atoms. The molecule has 1 heterocycles. The van der Waals surface area contributed by atoms with Gasteiger partial charge < -0.3 is 15.4 Å². The van der Waals surface area contributed by atoms with Crippen LogP contribution in [-0.4, -0.2) is 42.0 Å². The number of amides is 2. The first-order chi connectivity index (χ1) is 11.6. The van der Waals surface area contributed by atoms with E-state index in [0.29, 0.717) is 24.9 Å². The van der Waals surface area contributed by atoms with Gasteiger partial charge in [0.25, 0.3) is 0 Å². The lowest BCUT2D eigenvalue weighted by Gasteiger charge is -2.07. The van der Waals surface area contributed by atoms with E-state index in [2.05, 4.69) is 15.6 Å². The van der Waals surface area contributed by atoms with Crippen molar-refractivity contribution in [3.8, 4) is 0 Å². The molecule has 1 saturated heterocycles. The van der Waals surface area contributed by atoms with Crippen LogP contribution in [0.1, 0.15) is 25.3 Å². The molecule has 24 heavy (non-hydrogen) atoms. The molecule has 1 atom stereocenters. The van der Waals surface area contributed by atoms with Crippen molar-refractivity contribution in [2.75, 3.05) is 25.1 Å². The van der Waals surface area contributed by atoms with Crippen LogP contribution in [0, 0.1) is 6.92 Å². The molecule has 1 aromatic carbocycles. The molecule has 0 radical (unpaired) electrons. The molecule has 130 valence electrons. The molecule has 1 aromatic rings. The van der Waals surface area contributed by atoms with Gasteiger partial charge in [0.15, 0.2) is 5.17 Å². The first-order valence-corrected chi connectivity index (χ1v) is 8.92. The first kappa shape index (κ1) is 18.5. The van der Waals surface area contributed by atoms with Crippen molar-refractivity contribution in [1.82, 2.24) is 5.32 Å². The molecule has 1 aliphatic heterocycles. The fourth-order valence-corrected chi connectivity index (χ4v) is 3.12. The average Bonchev–Trinajstić information content (AvgIpc) is 2.89. The summed E-state index contributed by atoms with van der Waals surface area (Å²) >= 11 is 1.31. The minimum Gasteiger partial charge on any atom is -0.382 e. The van der Waals surface area contributed by atoms with Gasteiger partial charge in [-0.3, -0.25) is 14.6 Å². The predicted octanol–water partition coefficient (Wildman–Crippen LogP) is 2.34. The third-order valence-corrected chi connectivity index (χ3v) is 4.51. The summed E-state index contributed by atoms with van der Waals surface area (Å²) in [6.45, 7) is 5.89. The molecule has 1 fully saturated rings. The summed E-state index contributed by atoms with van der Waals surface area (Å²) in [5, 5.41) is 5.69. The van der Waals surface area contributed by atoms with Crippen LogP contribution in [0.15, 0.2) is 29.3 Å². The number of hydrogen-bond acceptors (Lipinski definition) is 5. The Morgan fingerprint density at radius 3 is 2.83 bits per heavy atom. The van der Waals surface area contributed by atoms with E-state index in [9.17, 15) is 9.59 Å². The highest BCUT2D eigenvalue weighted by Crippen LogP contribution is 2.23. The summed E-state index contributed by atoms with van der Waals surface area (Å²) < 4.78 is 5.24. The minimum absolute atomic E-state index is 0.127. The van der Waals surface area contributed by atoms with Gasteiger partial charge >= 0.3 is 0 Å². The number of hydrogen-bond donors (Lipinski definition) is 2. The maximum absolute atomic E-state index is 12.1. The molecule has 1 aliphatic rings. The summed E-state index contributed by atoms with van der Waals surface area (Å²) in [5.41, 5.74) is 1.86. The molecule has 0 aromatic heterocycles. The maximum Gasteiger partial charge on any atom is 0.240 e. The number of nitrogens with zero attached hydrogens (tertiary/aromatic N) is 1. The molecule has 0 bridgehead atoms. The number of carbonyl (C=O) groups excluding carboxylic acids is 2. The Balaban J connectivity index is 1.78. The zero-order chi connectivity index (χ0) is 17.4. The van der Waals surface area contributed by atoms with Crippen molar-refractivity contribution in [2.24, 2.45) is 4.99 Å². The van der Waals surface area contributed by atoms with Gasteiger partial charge in [0.1, 0.15) is 5.25 Å². The van der Waals surface area contributed by atoms with Gasteiger partial charge in [0.05, 0.1) is 0 Å². The van der Waals surface area contributed by atoms with Gasteiger partial charge in [-0.1, -0.05) is 29.5 Å². The number of aryl methyl sites for hydroxylation is 1. The van der Waals surface area contributed by atoms with E-state index in [4.69, 9.17) is 4.74 Å². The molecule has 7 heteroatoms. The van der Waals surface area contributed by atoms with Gasteiger partial charge in [0, 0.05) is 31.9 Å². The summed E-state index contributed by atoms with van der Waals surface area (Å²) in [6, 6.07) is 7.56. The van der Waals surface area contributed by atoms with E-state index in [1.165, 1.54) is 11.8 Å². The van der Waals surface area contributed by atoms with Crippen molar-refractivity contribution in [3.63, 3.8) is 0 Å². The van der Waals surface area contributed by atoms with Crippen LogP contribution in [0.3, 0.4) is 0 Å². The SMILES string of the molecule is CCOCCCN=C1NC(=O)[C@H](CC(=O)Nc2ccc(C)cc2)S1. The van der Waals surface area contributed by atoms with Crippen LogP contribution in [0.5, 0.6) is 0 Å². The van der Waals surface area contributed by atoms with Gasteiger partial charge in [-0.15, -0.1) is 0 Å². The summed E-state index contributed by atoms with van der Waals surface area (Å²) in [6.07, 6.45) is 0.939. The highest BCUT2D eigenvalue weighted by atomic mass is 32.2. The number of benzene rings is 1. The highest BCUT2D eigenvalue weighted by molar-refractivity contribution is 8.15. The van der Waals surface area contributed by atoms with Gasteiger partial charge in [-0.2, -0.15) is 0 Å². The predicted molar refractivity (Wildman–Crippen MR) is 97.4 cm³/mol. The molecule has 0 saturated carbocycles. The topological polar surface area (TPSA) is 79.8 Å². The third-order valence-electron chi connectivity index (χ3n) is 3.39. The fourth-order valence-electron chi connectivity index (χ4n) is 2.12. The highest BCUT2D eigenvalue weighted by Gasteiger charge is 2.31. The molecular weight excluding hydrogens is 326 g/mol. The van der Waals surface area contributed by atoms with E-state index in [0.717, 1.165) is 17.7 Å². The Kier molecular flexibility index (Phi) is 7.27. The number of aliphatic imine (C=N–C) groups is 1. The number of amidine groups is 1. The Morgan fingerprint density at radius 2 is 2.12 bits per heavy atom. The summed E-state index contributed by atoms with van der Waals surface area (Å²) in [7, 11) is 0. The second-order valence-corrected chi connectivity index (χ2v) is 6.64. The van der Waals surface area contributed by atoms with E-state index in [1.807, 2.05) is 38.1 Å². The van der Waals surface area contributed by atoms with E-state index < -0.39 is 5.25 Å². The van der Waals surface area contributed by atoms with Gasteiger partial charge in [-0.25, -0.2) is 0 Å². The smallest absolute Gasteiger partial charge is 0.240 e. The fraction of sp³-hybridized carbons (Fsp3) is 0.471. The number of carbonyl (C=O) groups is 2. The zero-order valence-electron chi connectivity index (χ0n) is 14.0. The molecule has 0 aliphatic carbocycles. The van der Waals surface area contributed by atoms with Crippen LogP contribution in [0.2, 0.25) is 0 Å². The lowest BCUT2D eigenvalue weighted by molar-refractivity contribution is -0.122. The van der Waals surface area contributed by atoms with E-state index in [1.54, 1.807) is 0 Å². The largest absolute Gasteiger partial charge is 0.382 e. The van der Waals surface area contributed by atoms with Crippen molar-refractivity contribution < 1.29 is 14.3 Å². The second kappa shape index (κ2) is 9.44. The average molecular weight is 349 g/mol. The van der Waals surface area contributed by atoms with Crippen molar-refractivity contribution >= 4 is 34.4 Å². The van der Waals surface area contributed by atoms with Gasteiger partial charge in [0.2, 0.25) is 11.8 Å². The maximum atomic E-state index is 12.1. The van der Waals surface area contributed by atoms with Crippen molar-refractivity contribution in [1.29, 1.82) is 0 Å². The van der Waals surface area contributed by atoms with Crippen molar-refractivity contribution in [2.45, 2.75) is 31.9 Å². The zero-order valence-corrected chi connectivity index (χ0v) is 14.8. The molecular formula is C17H23N3O3S. The lowest BCUT2D eigenvalue weighted by Crippen LogP contribution is -2.28. The van der Waals surface area contributed by atoms with Crippen molar-refractivity contribution in [3.05, 3.63) is 29.8 Å². The van der Waals surface area contributed by atoms with Crippen LogP contribution in [0.25, 0.3) is 0 Å². The van der Waals surface area contributed by atoms with E-state index >= 15 is 0 Å². The number of anilines is 1. The Hall–Kier alpha value is -1.86. The van der Waals surface area contributed by atoms with Crippen LogP contribution < -0.4 is 10.6 Å². The summed E-state index contributed by atoms with van der Waals surface area (Å²) in [4.78, 5) is 28.3. The van der Waals surface area contributed by atoms with Crippen LogP contribution in [-0.2, 0) is 14.3 Å². The lowest BCUT2D eigenvalue weighted by atomic mass is 10.2.